The summed E-state index contributed by atoms with van der Waals surface area (Å²) in [5.41, 5.74) is 5.13. The van der Waals surface area contributed by atoms with E-state index in [-0.39, 0.29) is 29.0 Å². The van der Waals surface area contributed by atoms with Crippen molar-refractivity contribution in [1.82, 2.24) is 5.32 Å². The van der Waals surface area contributed by atoms with E-state index in [1.807, 2.05) is 25.1 Å². The Morgan fingerprint density at radius 2 is 1.82 bits per heavy atom. The van der Waals surface area contributed by atoms with Gasteiger partial charge < -0.3 is 9.74 Å². The van der Waals surface area contributed by atoms with Crippen molar-refractivity contribution < 1.29 is 9.22 Å². The van der Waals surface area contributed by atoms with Gasteiger partial charge in [-0.05, 0) is 41.4 Å². The van der Waals surface area contributed by atoms with Crippen molar-refractivity contribution in [3.05, 3.63) is 60.3 Å². The Morgan fingerprint density at radius 3 is 2.43 bits per heavy atom. The molecule has 2 aromatic rings. The van der Waals surface area contributed by atoms with Crippen molar-refractivity contribution in [1.29, 1.82) is 0 Å². The van der Waals surface area contributed by atoms with Crippen molar-refractivity contribution >= 4 is 30.6 Å². The summed E-state index contributed by atoms with van der Waals surface area (Å²) < 4.78 is 6.54. The highest BCUT2D eigenvalue weighted by molar-refractivity contribution is 6.74. The minimum Gasteiger partial charge on any atom is -0.413 e. The maximum Gasteiger partial charge on any atom is 0.228 e. The van der Waals surface area contributed by atoms with Gasteiger partial charge in [0.15, 0.2) is 8.32 Å². The first-order chi connectivity index (χ1) is 13.1. The summed E-state index contributed by atoms with van der Waals surface area (Å²) in [7, 11) is -1.97. The van der Waals surface area contributed by atoms with Crippen molar-refractivity contribution in [3.63, 3.8) is 0 Å². The maximum absolute atomic E-state index is 12.5. The van der Waals surface area contributed by atoms with E-state index in [1.165, 1.54) is 5.39 Å². The molecule has 28 heavy (non-hydrogen) atoms. The van der Waals surface area contributed by atoms with Gasteiger partial charge in [-0.15, -0.1) is 5.73 Å². The second kappa shape index (κ2) is 7.36. The molecule has 3 rings (SSSR count). The SMILES string of the molecule is C=C=C(c1cccc2ccccc12)[C@H]1NC(=O)[C@@H]1[C@@H](C)O[Si](C)(C)C(C)(C)C. The lowest BCUT2D eigenvalue weighted by atomic mass is 9.78. The molecule has 0 saturated carbocycles. The van der Waals surface area contributed by atoms with Crippen LogP contribution in [0.25, 0.3) is 16.3 Å². The lowest BCUT2D eigenvalue weighted by Gasteiger charge is -2.45. The molecule has 1 heterocycles. The molecule has 1 N–H and O–H groups in total. The minimum atomic E-state index is -1.97. The number of rotatable bonds is 5. The number of fused-ring (bicyclic) bond motifs is 1. The first-order valence-corrected chi connectivity index (χ1v) is 12.8. The number of benzene rings is 2. The lowest BCUT2D eigenvalue weighted by molar-refractivity contribution is -0.137. The highest BCUT2D eigenvalue weighted by Gasteiger charge is 2.49. The van der Waals surface area contributed by atoms with Gasteiger partial charge in [-0.3, -0.25) is 4.79 Å². The molecule has 3 atom stereocenters. The van der Waals surface area contributed by atoms with E-state index in [4.69, 9.17) is 4.43 Å². The Labute approximate surface area is 169 Å². The molecule has 0 spiro atoms. The van der Waals surface area contributed by atoms with Crippen LogP contribution in [0.15, 0.2) is 54.8 Å². The normalized spacial score (nSPS) is 20.9. The Hall–Kier alpha value is -2.13. The summed E-state index contributed by atoms with van der Waals surface area (Å²) in [6.07, 6.45) is -0.155. The molecule has 1 fully saturated rings. The smallest absolute Gasteiger partial charge is 0.228 e. The molecule has 1 aliphatic heterocycles. The summed E-state index contributed by atoms with van der Waals surface area (Å²) in [6, 6.07) is 14.4. The van der Waals surface area contributed by atoms with Gasteiger partial charge in [-0.1, -0.05) is 69.8 Å². The first-order valence-electron chi connectivity index (χ1n) is 9.93. The maximum atomic E-state index is 12.5. The van der Waals surface area contributed by atoms with Crippen LogP contribution >= 0.6 is 0 Å². The quantitative estimate of drug-likeness (QED) is 0.412. The molecular formula is C24H31NO2Si. The van der Waals surface area contributed by atoms with Gasteiger partial charge in [0.05, 0.1) is 18.1 Å². The van der Waals surface area contributed by atoms with Gasteiger partial charge in [0.25, 0.3) is 0 Å². The van der Waals surface area contributed by atoms with Crippen molar-refractivity contribution in [2.24, 2.45) is 5.92 Å². The molecule has 0 unspecified atom stereocenters. The second-order valence-corrected chi connectivity index (χ2v) is 14.0. The highest BCUT2D eigenvalue weighted by Crippen LogP contribution is 2.40. The lowest BCUT2D eigenvalue weighted by Crippen LogP contribution is -2.64. The van der Waals surface area contributed by atoms with Crippen molar-refractivity contribution in [2.45, 2.75) is 58.0 Å². The van der Waals surface area contributed by atoms with E-state index in [1.54, 1.807) is 0 Å². The van der Waals surface area contributed by atoms with Crippen LogP contribution in [0, 0.1) is 5.92 Å². The van der Waals surface area contributed by atoms with Crippen molar-refractivity contribution in [2.75, 3.05) is 0 Å². The Morgan fingerprint density at radius 1 is 1.18 bits per heavy atom. The van der Waals surface area contributed by atoms with Crippen LogP contribution in [-0.2, 0) is 9.22 Å². The molecule has 1 amide bonds. The summed E-state index contributed by atoms with van der Waals surface area (Å²) in [4.78, 5) is 12.5. The van der Waals surface area contributed by atoms with Gasteiger partial charge in [-0.2, -0.15) is 0 Å². The molecule has 4 heteroatoms. The van der Waals surface area contributed by atoms with E-state index in [0.29, 0.717) is 0 Å². The van der Waals surface area contributed by atoms with Gasteiger partial charge in [0.2, 0.25) is 5.91 Å². The van der Waals surface area contributed by atoms with Crippen LogP contribution in [0.1, 0.15) is 33.3 Å². The Bertz CT molecular complexity index is 945. The van der Waals surface area contributed by atoms with Crippen LogP contribution in [0.5, 0.6) is 0 Å². The first kappa shape index (κ1) is 20.6. The predicted octanol–water partition coefficient (Wildman–Crippen LogP) is 5.53. The van der Waals surface area contributed by atoms with Crippen LogP contribution in [0.4, 0.5) is 0 Å². The second-order valence-electron chi connectivity index (χ2n) is 9.21. The molecule has 0 bridgehead atoms. The van der Waals surface area contributed by atoms with E-state index < -0.39 is 8.32 Å². The van der Waals surface area contributed by atoms with Crippen LogP contribution < -0.4 is 5.32 Å². The van der Waals surface area contributed by atoms with E-state index >= 15 is 0 Å². The number of amides is 1. The molecule has 148 valence electrons. The van der Waals surface area contributed by atoms with Gasteiger partial charge >= 0.3 is 0 Å². The summed E-state index contributed by atoms with van der Waals surface area (Å²) in [6.45, 7) is 17.1. The monoisotopic (exact) mass is 393 g/mol. The molecule has 3 nitrogen and oxygen atoms in total. The van der Waals surface area contributed by atoms with Crippen LogP contribution in [0.2, 0.25) is 18.1 Å². The number of β-lactam (4-membered cyclic amide) rings is 1. The largest absolute Gasteiger partial charge is 0.413 e. The molecule has 0 aliphatic carbocycles. The fourth-order valence-corrected chi connectivity index (χ4v) is 5.11. The van der Waals surface area contributed by atoms with Gasteiger partial charge in [0.1, 0.15) is 0 Å². The molecule has 2 aromatic carbocycles. The van der Waals surface area contributed by atoms with Crippen LogP contribution in [0.3, 0.4) is 0 Å². The minimum absolute atomic E-state index is 0.0456. The number of hydrogen-bond acceptors (Lipinski definition) is 2. The third kappa shape index (κ3) is 3.60. The fourth-order valence-electron chi connectivity index (χ4n) is 3.68. The number of hydrogen-bond donors (Lipinski definition) is 1. The number of carbonyl (C=O) groups is 1. The van der Waals surface area contributed by atoms with Crippen molar-refractivity contribution in [3.8, 4) is 0 Å². The van der Waals surface area contributed by atoms with Crippen LogP contribution in [-0.4, -0.2) is 26.4 Å². The molecule has 0 aromatic heterocycles. The van der Waals surface area contributed by atoms with E-state index in [9.17, 15) is 4.79 Å². The topological polar surface area (TPSA) is 38.3 Å². The summed E-state index contributed by atoms with van der Waals surface area (Å²) in [5.74, 6) is -0.179. The molecular weight excluding hydrogens is 362 g/mol. The summed E-state index contributed by atoms with van der Waals surface area (Å²) >= 11 is 0. The van der Waals surface area contributed by atoms with Gasteiger partial charge in [0, 0.05) is 5.57 Å². The standard InChI is InChI=1S/C24H31NO2Si/c1-8-18(20-15-11-13-17-12-9-10-14-19(17)20)22-21(23(26)25-22)16(2)27-28(6,7)24(3,4)5/h9-16,21-22H,1H2,2-7H3,(H,25,26)/t16-,21-,22-/m1/s1. The molecule has 1 aliphatic rings. The summed E-state index contributed by atoms with van der Waals surface area (Å²) in [5, 5.41) is 5.48. The predicted molar refractivity (Wildman–Crippen MR) is 120 cm³/mol. The molecule has 0 radical (unpaired) electrons. The average Bonchev–Trinajstić information content (AvgIpc) is 2.60. The third-order valence-corrected chi connectivity index (χ3v) is 10.9. The Balaban J connectivity index is 1.92. The fraction of sp³-hybridized carbons (Fsp3) is 0.417. The zero-order valence-electron chi connectivity index (χ0n) is 17.8. The highest BCUT2D eigenvalue weighted by atomic mass is 28.4. The number of nitrogens with one attached hydrogen (secondary N) is 1. The zero-order valence-corrected chi connectivity index (χ0v) is 18.8. The third-order valence-electron chi connectivity index (χ3n) is 6.33. The average molecular weight is 394 g/mol. The van der Waals surface area contributed by atoms with E-state index in [0.717, 1.165) is 16.5 Å². The zero-order chi connectivity index (χ0) is 20.7. The molecule has 1 saturated heterocycles. The number of carbonyl (C=O) groups excluding carboxylic acids is 1. The Kier molecular flexibility index (Phi) is 5.41. The van der Waals surface area contributed by atoms with Gasteiger partial charge in [-0.25, -0.2) is 0 Å². The van der Waals surface area contributed by atoms with E-state index in [2.05, 4.69) is 75.8 Å².